The van der Waals surface area contributed by atoms with Gasteiger partial charge >= 0.3 is 0 Å². The number of pyridine rings is 3. The Morgan fingerprint density at radius 3 is 2.60 bits per heavy atom. The van der Waals surface area contributed by atoms with E-state index in [-0.39, 0.29) is 22.9 Å². The van der Waals surface area contributed by atoms with Gasteiger partial charge in [0.05, 0.1) is 39.8 Å². The number of carbonyl (C=O) groups excluding carboxylic acids is 1. The maximum Gasteiger partial charge on any atom is 0.259 e. The van der Waals surface area contributed by atoms with Gasteiger partial charge in [-0.1, -0.05) is 19.3 Å². The van der Waals surface area contributed by atoms with Crippen LogP contribution in [0.4, 0.5) is 27.3 Å². The molecule has 0 bridgehead atoms. The zero-order valence-electron chi connectivity index (χ0n) is 23.6. The van der Waals surface area contributed by atoms with Crippen LogP contribution in [0.3, 0.4) is 0 Å². The molecule has 0 spiro atoms. The van der Waals surface area contributed by atoms with Gasteiger partial charge in [0.15, 0.2) is 0 Å². The summed E-state index contributed by atoms with van der Waals surface area (Å²) in [5.74, 6) is -0.107. The third-order valence-electron chi connectivity index (χ3n) is 8.44. The van der Waals surface area contributed by atoms with E-state index in [0.29, 0.717) is 46.6 Å². The minimum atomic E-state index is -0.638. The van der Waals surface area contributed by atoms with E-state index in [1.807, 2.05) is 19.1 Å². The fourth-order valence-corrected chi connectivity index (χ4v) is 5.87. The molecule has 1 aliphatic heterocycles. The Balaban J connectivity index is 1.26. The van der Waals surface area contributed by atoms with Gasteiger partial charge in [0.1, 0.15) is 11.6 Å². The molecular formula is C32H35FN6O3. The molecule has 1 aromatic carbocycles. The molecular weight excluding hydrogens is 535 g/mol. The van der Waals surface area contributed by atoms with Gasteiger partial charge in [0.25, 0.3) is 5.56 Å². The molecule has 9 nitrogen and oxygen atoms in total. The number of fused-ring (bicyclic) bond motifs is 1. The lowest BCUT2D eigenvalue weighted by Gasteiger charge is -2.37. The lowest BCUT2D eigenvalue weighted by atomic mass is 9.88. The fourth-order valence-electron chi connectivity index (χ4n) is 5.87. The monoisotopic (exact) mass is 570 g/mol. The van der Waals surface area contributed by atoms with E-state index in [1.165, 1.54) is 12.3 Å². The van der Waals surface area contributed by atoms with Crippen molar-refractivity contribution in [2.75, 3.05) is 28.6 Å². The second-order valence-electron chi connectivity index (χ2n) is 11.7. The lowest BCUT2D eigenvalue weighted by Crippen LogP contribution is -2.42. The van der Waals surface area contributed by atoms with E-state index in [1.54, 1.807) is 30.5 Å². The Morgan fingerprint density at radius 1 is 1.10 bits per heavy atom. The number of anilines is 4. The molecule has 4 N–H and O–H groups in total. The van der Waals surface area contributed by atoms with Crippen molar-refractivity contribution < 1.29 is 14.3 Å². The Bertz CT molecular complexity index is 1650. The van der Waals surface area contributed by atoms with Crippen molar-refractivity contribution in [1.82, 2.24) is 15.0 Å². The second-order valence-corrected chi connectivity index (χ2v) is 11.7. The number of nitrogens with zero attached hydrogens (tertiary/aromatic N) is 3. The molecule has 42 heavy (non-hydrogen) atoms. The zero-order valence-corrected chi connectivity index (χ0v) is 23.6. The number of aromatic amines is 1. The number of H-pyrrole nitrogens is 1. The number of carbonyl (C=O) groups is 1. The first kappa shape index (κ1) is 27.8. The number of aliphatic hydroxyl groups is 1. The summed E-state index contributed by atoms with van der Waals surface area (Å²) in [4.78, 5) is 39.5. The number of amides is 1. The molecule has 0 atom stereocenters. The third kappa shape index (κ3) is 5.99. The minimum Gasteiger partial charge on any atom is -0.390 e. The van der Waals surface area contributed by atoms with Gasteiger partial charge < -0.3 is 25.6 Å². The van der Waals surface area contributed by atoms with Crippen LogP contribution >= 0.6 is 0 Å². The zero-order chi connectivity index (χ0) is 29.3. The summed E-state index contributed by atoms with van der Waals surface area (Å²) in [6, 6.07) is 11.7. The van der Waals surface area contributed by atoms with Crippen molar-refractivity contribution in [1.29, 1.82) is 0 Å². The fraction of sp³-hybridized carbons (Fsp3) is 0.375. The number of hydrogen-bond acceptors (Lipinski definition) is 7. The molecule has 1 aliphatic carbocycles. The molecule has 2 fully saturated rings. The summed E-state index contributed by atoms with van der Waals surface area (Å²) in [6.07, 6.45) is 9.60. The predicted octanol–water partition coefficient (Wildman–Crippen LogP) is 5.74. The smallest absolute Gasteiger partial charge is 0.259 e. The van der Waals surface area contributed by atoms with Gasteiger partial charge in [-0.05, 0) is 75.1 Å². The van der Waals surface area contributed by atoms with E-state index in [4.69, 9.17) is 0 Å². The first-order chi connectivity index (χ1) is 20.3. The van der Waals surface area contributed by atoms with Crippen LogP contribution in [0.1, 0.15) is 51.9 Å². The highest BCUT2D eigenvalue weighted by molar-refractivity contribution is 5.95. The molecule has 2 aliphatic rings. The van der Waals surface area contributed by atoms with E-state index >= 15 is 4.39 Å². The van der Waals surface area contributed by atoms with Crippen molar-refractivity contribution >= 4 is 39.7 Å². The van der Waals surface area contributed by atoms with Gasteiger partial charge in [0, 0.05) is 36.5 Å². The SMILES string of the molecule is CC1(O)CCN(c2ccc(Nc3cc(-c4ccc(NC(=O)C5CCCCC5)cc4F)nc4cc[nH]c(=O)c34)nc2)CC1. The molecule has 4 aromatic rings. The highest BCUT2D eigenvalue weighted by Gasteiger charge is 2.27. The standard InChI is InChI=1S/C32H35FN6O3/c1-32(42)12-15-39(16-13-32)22-8-10-28(35-19-22)38-27-18-26(37-25-11-14-34-31(41)29(25)27)23-9-7-21(17-24(23)33)36-30(40)20-5-3-2-4-6-20/h7-11,14,17-20,42H,2-6,12-13,15-16H2,1H3,(H,34,41)(H,36,40)(H,35,37,38). The van der Waals surface area contributed by atoms with E-state index in [2.05, 4.69) is 30.5 Å². The van der Waals surface area contributed by atoms with Crippen molar-refractivity contribution in [3.63, 3.8) is 0 Å². The molecule has 4 heterocycles. The molecule has 1 amide bonds. The number of piperidine rings is 1. The van der Waals surface area contributed by atoms with Gasteiger partial charge in [0.2, 0.25) is 5.91 Å². The number of benzene rings is 1. The van der Waals surface area contributed by atoms with Crippen LogP contribution in [-0.4, -0.2) is 44.7 Å². The van der Waals surface area contributed by atoms with Crippen LogP contribution in [0, 0.1) is 11.7 Å². The first-order valence-corrected chi connectivity index (χ1v) is 14.6. The summed E-state index contributed by atoms with van der Waals surface area (Å²) in [7, 11) is 0. The van der Waals surface area contributed by atoms with E-state index in [9.17, 15) is 14.7 Å². The Morgan fingerprint density at radius 2 is 1.88 bits per heavy atom. The summed E-state index contributed by atoms with van der Waals surface area (Å²) in [5.41, 5.74) is 1.84. The highest BCUT2D eigenvalue weighted by atomic mass is 19.1. The molecule has 10 heteroatoms. The normalized spacial score (nSPS) is 17.3. The molecule has 0 radical (unpaired) electrons. The van der Waals surface area contributed by atoms with Crippen molar-refractivity contribution in [3.05, 3.63) is 71.0 Å². The summed E-state index contributed by atoms with van der Waals surface area (Å²) >= 11 is 0. The van der Waals surface area contributed by atoms with Crippen molar-refractivity contribution in [3.8, 4) is 11.3 Å². The third-order valence-corrected chi connectivity index (χ3v) is 8.44. The lowest BCUT2D eigenvalue weighted by molar-refractivity contribution is -0.120. The van der Waals surface area contributed by atoms with Crippen LogP contribution in [0.25, 0.3) is 22.2 Å². The second kappa shape index (κ2) is 11.5. The van der Waals surface area contributed by atoms with Gasteiger partial charge in [-0.2, -0.15) is 0 Å². The number of hydrogen-bond donors (Lipinski definition) is 4. The Kier molecular flexibility index (Phi) is 7.64. The summed E-state index contributed by atoms with van der Waals surface area (Å²) < 4.78 is 15.4. The van der Waals surface area contributed by atoms with Crippen LogP contribution in [-0.2, 0) is 4.79 Å². The van der Waals surface area contributed by atoms with Crippen LogP contribution in [0.15, 0.2) is 59.7 Å². The molecule has 218 valence electrons. The topological polar surface area (TPSA) is 123 Å². The maximum absolute atomic E-state index is 15.4. The minimum absolute atomic E-state index is 0.0331. The largest absolute Gasteiger partial charge is 0.390 e. The predicted molar refractivity (Wildman–Crippen MR) is 163 cm³/mol. The van der Waals surface area contributed by atoms with Gasteiger partial charge in [-0.3, -0.25) is 9.59 Å². The number of aromatic nitrogens is 3. The molecule has 6 rings (SSSR count). The van der Waals surface area contributed by atoms with E-state index < -0.39 is 11.4 Å². The molecule has 3 aromatic heterocycles. The molecule has 1 saturated heterocycles. The maximum atomic E-state index is 15.4. The quantitative estimate of drug-likeness (QED) is 0.233. The van der Waals surface area contributed by atoms with E-state index in [0.717, 1.165) is 50.9 Å². The summed E-state index contributed by atoms with van der Waals surface area (Å²) in [6.45, 7) is 3.34. The van der Waals surface area contributed by atoms with Gasteiger partial charge in [-0.15, -0.1) is 0 Å². The number of nitrogens with one attached hydrogen (secondary N) is 3. The van der Waals surface area contributed by atoms with Crippen LogP contribution < -0.4 is 21.1 Å². The summed E-state index contributed by atoms with van der Waals surface area (Å²) in [5, 5.41) is 16.7. The molecule has 1 saturated carbocycles. The average molecular weight is 571 g/mol. The first-order valence-electron chi connectivity index (χ1n) is 14.6. The van der Waals surface area contributed by atoms with Gasteiger partial charge in [-0.25, -0.2) is 14.4 Å². The van der Waals surface area contributed by atoms with Crippen molar-refractivity contribution in [2.45, 2.75) is 57.5 Å². The Hall–Kier alpha value is -4.31. The number of rotatable bonds is 6. The average Bonchev–Trinajstić information content (AvgIpc) is 2.98. The highest BCUT2D eigenvalue weighted by Crippen LogP contribution is 2.32. The van der Waals surface area contributed by atoms with Crippen LogP contribution in [0.5, 0.6) is 0 Å². The molecule has 0 unspecified atom stereocenters. The number of halogens is 1. The van der Waals surface area contributed by atoms with Crippen LogP contribution in [0.2, 0.25) is 0 Å². The van der Waals surface area contributed by atoms with Crippen molar-refractivity contribution in [2.24, 2.45) is 5.92 Å². The Labute approximate surface area is 243 Å².